The summed E-state index contributed by atoms with van der Waals surface area (Å²) >= 11 is 0. The Bertz CT molecular complexity index is 648. The lowest BCUT2D eigenvalue weighted by molar-refractivity contribution is 0.148. The maximum Gasteiger partial charge on any atom is 0.0993 e. The third-order valence-corrected chi connectivity index (χ3v) is 4.80. The van der Waals surface area contributed by atoms with Crippen molar-refractivity contribution in [2.75, 3.05) is 5.32 Å². The fraction of sp³-hybridized carbons (Fsp3) is 0.368. The van der Waals surface area contributed by atoms with Crippen molar-refractivity contribution in [2.45, 2.75) is 43.7 Å². The molecule has 2 nitrogen and oxygen atoms in total. The molecule has 1 aliphatic carbocycles. The van der Waals surface area contributed by atoms with Crippen LogP contribution < -0.4 is 5.32 Å². The van der Waals surface area contributed by atoms with Gasteiger partial charge in [0.1, 0.15) is 0 Å². The van der Waals surface area contributed by atoms with E-state index in [1.54, 1.807) is 0 Å². The topological polar surface area (TPSA) is 32.3 Å². The van der Waals surface area contributed by atoms with Crippen LogP contribution in [0.2, 0.25) is 0 Å². The average molecular weight is 279 g/mol. The zero-order chi connectivity index (χ0) is 14.2. The summed E-state index contributed by atoms with van der Waals surface area (Å²) in [6.45, 7) is 0. The van der Waals surface area contributed by atoms with Crippen molar-refractivity contribution in [3.63, 3.8) is 0 Å². The first kappa shape index (κ1) is 12.9. The van der Waals surface area contributed by atoms with Gasteiger partial charge in [-0.05, 0) is 54.4 Å². The summed E-state index contributed by atoms with van der Waals surface area (Å²) in [5.74, 6) is 0.673. The van der Waals surface area contributed by atoms with Gasteiger partial charge in [0.25, 0.3) is 0 Å². The first-order chi connectivity index (χ1) is 10.3. The Labute approximate surface area is 125 Å². The van der Waals surface area contributed by atoms with Gasteiger partial charge in [0.2, 0.25) is 0 Å². The Morgan fingerprint density at radius 3 is 2.57 bits per heavy atom. The molecule has 2 heteroatoms. The quantitative estimate of drug-likeness (QED) is 0.889. The summed E-state index contributed by atoms with van der Waals surface area (Å²) in [7, 11) is 0. The highest BCUT2D eigenvalue weighted by Gasteiger charge is 2.31. The predicted molar refractivity (Wildman–Crippen MR) is 85.6 cm³/mol. The summed E-state index contributed by atoms with van der Waals surface area (Å²) in [6.07, 6.45) is 4.14. The number of aryl methyl sites for hydroxylation is 1. The van der Waals surface area contributed by atoms with Gasteiger partial charge in [-0.3, -0.25) is 0 Å². The van der Waals surface area contributed by atoms with Gasteiger partial charge in [-0.2, -0.15) is 0 Å². The molecule has 108 valence electrons. The summed E-state index contributed by atoms with van der Waals surface area (Å²) in [5, 5.41) is 14.4. The molecule has 0 spiro atoms. The molecule has 1 heterocycles. The van der Waals surface area contributed by atoms with Crippen LogP contribution in [0.5, 0.6) is 0 Å². The predicted octanol–water partition coefficient (Wildman–Crippen LogP) is 4.02. The number of para-hydroxylation sites is 1. The number of aliphatic hydroxyl groups excluding tert-OH is 1. The number of anilines is 1. The first-order valence-electron chi connectivity index (χ1n) is 7.94. The fourth-order valence-electron chi connectivity index (χ4n) is 3.46. The molecule has 1 saturated carbocycles. The monoisotopic (exact) mass is 279 g/mol. The molecule has 2 N–H and O–H groups in total. The molecule has 0 amide bonds. The molecule has 2 unspecified atom stereocenters. The van der Waals surface area contributed by atoms with Gasteiger partial charge in [-0.15, -0.1) is 0 Å². The second-order valence-corrected chi connectivity index (χ2v) is 6.29. The summed E-state index contributed by atoms with van der Waals surface area (Å²) < 4.78 is 0. The number of benzene rings is 2. The highest BCUT2D eigenvalue weighted by atomic mass is 16.3. The van der Waals surface area contributed by atoms with E-state index in [-0.39, 0.29) is 6.04 Å². The van der Waals surface area contributed by atoms with Crippen molar-refractivity contribution in [1.29, 1.82) is 0 Å². The summed E-state index contributed by atoms with van der Waals surface area (Å²) in [6, 6.07) is 16.9. The zero-order valence-corrected chi connectivity index (χ0v) is 12.1. The van der Waals surface area contributed by atoms with E-state index < -0.39 is 6.10 Å². The Balaban J connectivity index is 1.60. The minimum atomic E-state index is -0.421. The van der Waals surface area contributed by atoms with E-state index in [1.165, 1.54) is 29.7 Å². The molecule has 1 fully saturated rings. The first-order valence-corrected chi connectivity index (χ1v) is 7.94. The van der Waals surface area contributed by atoms with Crippen molar-refractivity contribution in [2.24, 2.45) is 0 Å². The van der Waals surface area contributed by atoms with Crippen LogP contribution in [-0.2, 0) is 6.42 Å². The second kappa shape index (κ2) is 5.19. The molecular weight excluding hydrogens is 258 g/mol. The number of hydrogen-bond acceptors (Lipinski definition) is 2. The van der Waals surface area contributed by atoms with Gasteiger partial charge in [-0.25, -0.2) is 0 Å². The highest BCUT2D eigenvalue weighted by Crippen LogP contribution is 2.44. The van der Waals surface area contributed by atoms with Gasteiger partial charge in [0, 0.05) is 5.69 Å². The smallest absolute Gasteiger partial charge is 0.0993 e. The van der Waals surface area contributed by atoms with E-state index in [1.807, 2.05) is 6.07 Å². The van der Waals surface area contributed by atoms with E-state index in [0.29, 0.717) is 5.92 Å². The van der Waals surface area contributed by atoms with E-state index >= 15 is 0 Å². The van der Waals surface area contributed by atoms with Gasteiger partial charge < -0.3 is 10.4 Å². The van der Waals surface area contributed by atoms with Gasteiger partial charge in [0.15, 0.2) is 0 Å². The second-order valence-electron chi connectivity index (χ2n) is 6.29. The Kier molecular flexibility index (Phi) is 3.19. The van der Waals surface area contributed by atoms with Crippen LogP contribution >= 0.6 is 0 Å². The third kappa shape index (κ3) is 2.44. The SMILES string of the molecule is OC(c1ccccc1C1CC1)C1CCc2ccccc2N1. The Hall–Kier alpha value is -1.80. The van der Waals surface area contributed by atoms with Crippen molar-refractivity contribution in [3.8, 4) is 0 Å². The van der Waals surface area contributed by atoms with Crippen LogP contribution in [0.15, 0.2) is 48.5 Å². The van der Waals surface area contributed by atoms with Crippen molar-refractivity contribution in [1.82, 2.24) is 0 Å². The van der Waals surface area contributed by atoms with Crippen molar-refractivity contribution >= 4 is 5.69 Å². The molecule has 2 aliphatic rings. The van der Waals surface area contributed by atoms with Crippen LogP contribution in [0, 0.1) is 0 Å². The third-order valence-electron chi connectivity index (χ3n) is 4.80. The maximum atomic E-state index is 10.9. The average Bonchev–Trinajstić information content (AvgIpc) is 3.38. The number of rotatable bonds is 3. The minimum Gasteiger partial charge on any atom is -0.386 e. The lowest BCUT2D eigenvalue weighted by atomic mass is 9.89. The largest absolute Gasteiger partial charge is 0.386 e. The number of aliphatic hydroxyl groups is 1. The number of nitrogens with one attached hydrogen (secondary N) is 1. The molecule has 2 atom stereocenters. The van der Waals surface area contributed by atoms with Crippen LogP contribution in [-0.4, -0.2) is 11.1 Å². The van der Waals surface area contributed by atoms with Gasteiger partial charge in [0.05, 0.1) is 12.1 Å². The lowest BCUT2D eigenvalue weighted by Crippen LogP contribution is -2.32. The molecule has 2 aromatic carbocycles. The lowest BCUT2D eigenvalue weighted by Gasteiger charge is -2.31. The van der Waals surface area contributed by atoms with E-state index in [9.17, 15) is 5.11 Å². The van der Waals surface area contributed by atoms with Gasteiger partial charge in [-0.1, -0.05) is 42.5 Å². The summed E-state index contributed by atoms with van der Waals surface area (Å²) in [4.78, 5) is 0. The van der Waals surface area contributed by atoms with Gasteiger partial charge >= 0.3 is 0 Å². The van der Waals surface area contributed by atoms with E-state index in [4.69, 9.17) is 0 Å². The molecule has 0 bridgehead atoms. The summed E-state index contributed by atoms with van der Waals surface area (Å²) in [5.41, 5.74) is 5.01. The maximum absolute atomic E-state index is 10.9. The van der Waals surface area contributed by atoms with Crippen molar-refractivity contribution in [3.05, 3.63) is 65.2 Å². The van der Waals surface area contributed by atoms with Crippen molar-refractivity contribution < 1.29 is 5.11 Å². The molecule has 0 saturated heterocycles. The number of hydrogen-bond donors (Lipinski definition) is 2. The minimum absolute atomic E-state index is 0.111. The zero-order valence-electron chi connectivity index (χ0n) is 12.1. The van der Waals surface area contributed by atoms with Crippen LogP contribution in [0.25, 0.3) is 0 Å². The molecule has 0 radical (unpaired) electrons. The molecule has 4 rings (SSSR count). The molecule has 0 aromatic heterocycles. The Morgan fingerprint density at radius 1 is 0.952 bits per heavy atom. The highest BCUT2D eigenvalue weighted by molar-refractivity contribution is 5.54. The normalized spacial score (nSPS) is 22.2. The number of fused-ring (bicyclic) bond motifs is 1. The van der Waals surface area contributed by atoms with E-state index in [2.05, 4.69) is 47.8 Å². The molecular formula is C19H21NO. The fourth-order valence-corrected chi connectivity index (χ4v) is 3.46. The van der Waals surface area contributed by atoms with Crippen LogP contribution in [0.1, 0.15) is 48.0 Å². The standard InChI is InChI=1S/C19H21NO/c21-19(16-7-3-2-6-15(16)13-9-10-13)18-12-11-14-5-1-4-8-17(14)20-18/h1-8,13,18-21H,9-12H2. The Morgan fingerprint density at radius 2 is 1.71 bits per heavy atom. The molecule has 21 heavy (non-hydrogen) atoms. The van der Waals surface area contributed by atoms with E-state index in [0.717, 1.165) is 18.4 Å². The van der Waals surface area contributed by atoms with Crippen LogP contribution in [0.3, 0.4) is 0 Å². The van der Waals surface area contributed by atoms with Crippen LogP contribution in [0.4, 0.5) is 5.69 Å². The molecule has 2 aromatic rings. The molecule has 1 aliphatic heterocycles.